The highest BCUT2D eigenvalue weighted by atomic mass is 16.5. The van der Waals surface area contributed by atoms with Gasteiger partial charge in [0.1, 0.15) is 11.3 Å². The van der Waals surface area contributed by atoms with Crippen LogP contribution in [0.1, 0.15) is 19.3 Å². The highest BCUT2D eigenvalue weighted by molar-refractivity contribution is 5.98. The minimum atomic E-state index is -0.0328. The molecule has 6 heteroatoms. The number of fused-ring (bicyclic) bond motifs is 2. The van der Waals surface area contributed by atoms with E-state index in [1.54, 1.807) is 11.6 Å². The topological polar surface area (TPSA) is 64.8 Å². The second kappa shape index (κ2) is 6.01. The third-order valence-electron chi connectivity index (χ3n) is 5.71. The number of ether oxygens (including phenoxy) is 1. The van der Waals surface area contributed by atoms with Crippen LogP contribution in [-0.2, 0) is 14.1 Å². The van der Waals surface area contributed by atoms with E-state index in [9.17, 15) is 4.79 Å². The van der Waals surface area contributed by atoms with Crippen molar-refractivity contribution < 1.29 is 4.74 Å². The van der Waals surface area contributed by atoms with Crippen molar-refractivity contribution in [3.05, 3.63) is 47.3 Å². The predicted molar refractivity (Wildman–Crippen MR) is 106 cm³/mol. The van der Waals surface area contributed by atoms with E-state index in [-0.39, 0.29) is 5.56 Å². The average molecular weight is 362 g/mol. The van der Waals surface area contributed by atoms with E-state index in [4.69, 9.17) is 4.74 Å². The van der Waals surface area contributed by atoms with Crippen LogP contribution in [0.3, 0.4) is 0 Å². The Balaban J connectivity index is 1.72. The smallest absolute Gasteiger partial charge is 0.274 e. The summed E-state index contributed by atoms with van der Waals surface area (Å²) in [6.07, 6.45) is 9.29. The Morgan fingerprint density at radius 3 is 2.85 bits per heavy atom. The third-order valence-corrected chi connectivity index (χ3v) is 5.71. The van der Waals surface area contributed by atoms with Gasteiger partial charge < -0.3 is 18.9 Å². The molecule has 0 aliphatic heterocycles. The predicted octanol–water partition coefficient (Wildman–Crippen LogP) is 3.60. The lowest BCUT2D eigenvalue weighted by Crippen LogP contribution is -2.19. The lowest BCUT2D eigenvalue weighted by Gasteiger charge is -2.26. The van der Waals surface area contributed by atoms with Gasteiger partial charge in [-0.1, -0.05) is 6.42 Å². The third kappa shape index (κ3) is 2.55. The summed E-state index contributed by atoms with van der Waals surface area (Å²) in [6, 6.07) is 6.09. The highest BCUT2D eigenvalue weighted by Crippen LogP contribution is 2.38. The molecule has 0 saturated heterocycles. The molecule has 0 radical (unpaired) electrons. The van der Waals surface area contributed by atoms with E-state index >= 15 is 0 Å². The van der Waals surface area contributed by atoms with Crippen molar-refractivity contribution in [2.75, 3.05) is 6.61 Å². The van der Waals surface area contributed by atoms with Gasteiger partial charge in [-0.2, -0.15) is 0 Å². The molecule has 1 aliphatic rings. The highest BCUT2D eigenvalue weighted by Gasteiger charge is 2.21. The van der Waals surface area contributed by atoms with Gasteiger partial charge in [-0.15, -0.1) is 0 Å². The number of rotatable bonds is 4. The van der Waals surface area contributed by atoms with E-state index in [0.717, 1.165) is 39.9 Å². The van der Waals surface area contributed by atoms with Crippen molar-refractivity contribution in [2.24, 2.45) is 20.0 Å². The van der Waals surface area contributed by atoms with Crippen LogP contribution in [0.4, 0.5) is 0 Å². The van der Waals surface area contributed by atoms with Gasteiger partial charge in [0.2, 0.25) is 0 Å². The number of pyridine rings is 1. The van der Waals surface area contributed by atoms with Gasteiger partial charge in [0.15, 0.2) is 0 Å². The summed E-state index contributed by atoms with van der Waals surface area (Å²) in [5.41, 5.74) is 4.49. The molecular formula is C21H22N4O2. The van der Waals surface area contributed by atoms with E-state index in [2.05, 4.69) is 22.1 Å². The normalized spacial score (nSPS) is 14.7. The maximum atomic E-state index is 12.4. The number of nitrogens with zero attached hydrogens (tertiary/aromatic N) is 3. The van der Waals surface area contributed by atoms with Crippen LogP contribution in [0.5, 0.6) is 5.75 Å². The number of nitrogens with one attached hydrogen (secondary N) is 1. The van der Waals surface area contributed by atoms with Gasteiger partial charge in [0.25, 0.3) is 5.56 Å². The van der Waals surface area contributed by atoms with Gasteiger partial charge in [0, 0.05) is 49.1 Å². The second-order valence-electron chi connectivity index (χ2n) is 7.53. The summed E-state index contributed by atoms with van der Waals surface area (Å²) in [7, 11) is 3.77. The number of H-pyrrole nitrogens is 1. The van der Waals surface area contributed by atoms with Gasteiger partial charge in [-0.25, -0.2) is 4.98 Å². The SMILES string of the molecule is Cn1cc(-c2cc3ncn(C)c3cc2OCC2CCC2)c2cc[nH]c2c1=O. The number of aromatic amines is 1. The summed E-state index contributed by atoms with van der Waals surface area (Å²) in [5, 5.41) is 0.905. The van der Waals surface area contributed by atoms with E-state index in [0.29, 0.717) is 11.4 Å². The second-order valence-corrected chi connectivity index (χ2v) is 7.53. The van der Waals surface area contributed by atoms with Crippen LogP contribution in [0.15, 0.2) is 41.7 Å². The van der Waals surface area contributed by atoms with Crippen molar-refractivity contribution in [3.63, 3.8) is 0 Å². The number of benzene rings is 1. The van der Waals surface area contributed by atoms with Crippen molar-refractivity contribution in [1.82, 2.24) is 19.1 Å². The van der Waals surface area contributed by atoms with Crippen LogP contribution in [-0.4, -0.2) is 25.7 Å². The molecule has 27 heavy (non-hydrogen) atoms. The standard InChI is InChI=1S/C21H22N4O2/c1-24-10-16(14-6-7-22-20(14)21(24)26)15-8-17-18(25(2)12-23-17)9-19(15)27-11-13-4-3-5-13/h6-10,12-13,22H,3-5,11H2,1-2H3. The molecule has 1 aromatic carbocycles. The minimum Gasteiger partial charge on any atom is -0.493 e. The van der Waals surface area contributed by atoms with Crippen LogP contribution < -0.4 is 10.3 Å². The Labute approximate surface area is 156 Å². The van der Waals surface area contributed by atoms with Crippen molar-refractivity contribution in [2.45, 2.75) is 19.3 Å². The fourth-order valence-electron chi connectivity index (χ4n) is 3.84. The Hall–Kier alpha value is -3.02. The summed E-state index contributed by atoms with van der Waals surface area (Å²) >= 11 is 0. The average Bonchev–Trinajstić information content (AvgIpc) is 3.24. The van der Waals surface area contributed by atoms with Crippen molar-refractivity contribution in [3.8, 4) is 16.9 Å². The molecule has 1 N–H and O–H groups in total. The molecule has 3 heterocycles. The number of aryl methyl sites for hydroxylation is 2. The molecule has 0 unspecified atom stereocenters. The Morgan fingerprint density at radius 1 is 1.22 bits per heavy atom. The lowest BCUT2D eigenvalue weighted by atomic mass is 9.86. The Bertz CT molecular complexity index is 1210. The van der Waals surface area contributed by atoms with E-state index in [1.807, 2.05) is 36.4 Å². The summed E-state index contributed by atoms with van der Waals surface area (Å²) in [4.78, 5) is 20.0. The zero-order chi connectivity index (χ0) is 18.5. The first-order valence-electron chi connectivity index (χ1n) is 9.37. The van der Waals surface area contributed by atoms with Crippen molar-refractivity contribution >= 4 is 21.9 Å². The molecule has 0 bridgehead atoms. The lowest BCUT2D eigenvalue weighted by molar-refractivity contribution is 0.181. The fraction of sp³-hybridized carbons (Fsp3) is 0.333. The minimum absolute atomic E-state index is 0.0328. The monoisotopic (exact) mass is 362 g/mol. The van der Waals surface area contributed by atoms with Gasteiger partial charge >= 0.3 is 0 Å². The zero-order valence-corrected chi connectivity index (χ0v) is 15.5. The number of aromatic nitrogens is 4. The van der Waals surface area contributed by atoms with Crippen LogP contribution in [0.25, 0.3) is 33.1 Å². The Kier molecular flexibility index (Phi) is 3.60. The first-order chi connectivity index (χ1) is 13.1. The maximum Gasteiger partial charge on any atom is 0.274 e. The van der Waals surface area contributed by atoms with Crippen LogP contribution in [0.2, 0.25) is 0 Å². The molecular weight excluding hydrogens is 340 g/mol. The molecule has 4 aromatic rings. The van der Waals surface area contributed by atoms with Gasteiger partial charge in [-0.3, -0.25) is 4.79 Å². The van der Waals surface area contributed by atoms with E-state index < -0.39 is 0 Å². The molecule has 5 rings (SSSR count). The van der Waals surface area contributed by atoms with Crippen LogP contribution in [0, 0.1) is 5.92 Å². The van der Waals surface area contributed by atoms with Gasteiger partial charge in [-0.05, 0) is 30.9 Å². The summed E-state index contributed by atoms with van der Waals surface area (Å²) in [6.45, 7) is 0.735. The summed E-state index contributed by atoms with van der Waals surface area (Å²) < 4.78 is 9.90. The zero-order valence-electron chi connectivity index (χ0n) is 15.5. The maximum absolute atomic E-state index is 12.4. The molecule has 0 spiro atoms. The van der Waals surface area contributed by atoms with Gasteiger partial charge in [0.05, 0.1) is 24.0 Å². The quantitative estimate of drug-likeness (QED) is 0.603. The largest absolute Gasteiger partial charge is 0.493 e. The molecule has 3 aromatic heterocycles. The molecule has 1 saturated carbocycles. The Morgan fingerprint density at radius 2 is 2.07 bits per heavy atom. The van der Waals surface area contributed by atoms with Crippen LogP contribution >= 0.6 is 0 Å². The summed E-state index contributed by atoms with van der Waals surface area (Å²) in [5.74, 6) is 1.49. The fourth-order valence-corrected chi connectivity index (χ4v) is 3.84. The van der Waals surface area contributed by atoms with E-state index in [1.165, 1.54) is 19.3 Å². The number of hydrogen-bond acceptors (Lipinski definition) is 3. The van der Waals surface area contributed by atoms with Crippen molar-refractivity contribution in [1.29, 1.82) is 0 Å². The molecule has 1 aliphatic carbocycles. The molecule has 0 atom stereocenters. The molecule has 1 fully saturated rings. The number of imidazole rings is 1. The first kappa shape index (κ1) is 16.2. The first-order valence-corrected chi connectivity index (χ1v) is 9.37. The molecule has 138 valence electrons. The molecule has 6 nitrogen and oxygen atoms in total. The molecule has 0 amide bonds. The number of hydrogen-bond donors (Lipinski definition) is 1.